The molecule has 2 aromatic rings. The Morgan fingerprint density at radius 2 is 2.05 bits per heavy atom. The van der Waals surface area contributed by atoms with Crippen LogP contribution in [0.1, 0.15) is 42.9 Å². The molecule has 0 unspecified atom stereocenters. The fourth-order valence-corrected chi connectivity index (χ4v) is 2.23. The smallest absolute Gasteiger partial charge is 0.224 e. The van der Waals surface area contributed by atoms with E-state index in [1.54, 1.807) is 6.07 Å². The molecule has 2 aromatic heterocycles. The minimum absolute atomic E-state index is 0.426. The number of aromatic nitrogens is 3. The lowest BCUT2D eigenvalue weighted by Gasteiger charge is -2.10. The van der Waals surface area contributed by atoms with Gasteiger partial charge in [0.1, 0.15) is 11.0 Å². The van der Waals surface area contributed by atoms with Gasteiger partial charge in [0.25, 0.3) is 0 Å². The molecule has 4 nitrogen and oxygen atoms in total. The second-order valence-corrected chi connectivity index (χ2v) is 5.40. The summed E-state index contributed by atoms with van der Waals surface area (Å²) in [6, 6.07) is 5.50. The summed E-state index contributed by atoms with van der Waals surface area (Å²) in [5, 5.41) is 0.426. The van der Waals surface area contributed by atoms with Gasteiger partial charge < -0.3 is 4.74 Å². The summed E-state index contributed by atoms with van der Waals surface area (Å²) in [7, 11) is 0. The molecule has 20 heavy (non-hydrogen) atoms. The Kier molecular flexibility index (Phi) is 3.57. The third kappa shape index (κ3) is 2.90. The molecule has 0 bridgehead atoms. The molecule has 0 spiro atoms. The number of aryl methyl sites for hydroxylation is 2. The van der Waals surface area contributed by atoms with Crippen LogP contribution in [0.15, 0.2) is 18.2 Å². The minimum atomic E-state index is 0.426. The number of rotatable bonds is 4. The monoisotopic (exact) mass is 289 g/mol. The van der Waals surface area contributed by atoms with E-state index in [0.717, 1.165) is 42.2 Å². The Labute approximate surface area is 123 Å². The average Bonchev–Trinajstić information content (AvgIpc) is 3.24. The highest BCUT2D eigenvalue weighted by Crippen LogP contribution is 2.39. The zero-order chi connectivity index (χ0) is 14.1. The molecule has 0 radical (unpaired) electrons. The molecule has 0 N–H and O–H groups in total. The van der Waals surface area contributed by atoms with Crippen LogP contribution in [0.4, 0.5) is 0 Å². The minimum Gasteiger partial charge on any atom is -0.437 e. The fourth-order valence-electron chi connectivity index (χ4n) is 2.05. The number of pyridine rings is 1. The molecule has 1 aliphatic rings. The normalized spacial score (nSPS) is 14.3. The van der Waals surface area contributed by atoms with Gasteiger partial charge >= 0.3 is 0 Å². The van der Waals surface area contributed by atoms with Crippen LogP contribution in [0.3, 0.4) is 0 Å². The van der Waals surface area contributed by atoms with Gasteiger partial charge in [-0.1, -0.05) is 18.5 Å². The molecule has 5 heteroatoms. The van der Waals surface area contributed by atoms with E-state index in [0.29, 0.717) is 17.0 Å². The maximum atomic E-state index is 6.04. The van der Waals surface area contributed by atoms with Crippen molar-refractivity contribution in [1.82, 2.24) is 15.0 Å². The SMILES string of the molecule is CCc1nc(C)ccc1Oc1cc(Cl)nc(C2CC2)n1. The highest BCUT2D eigenvalue weighted by Gasteiger charge is 2.27. The zero-order valence-electron chi connectivity index (χ0n) is 11.6. The molecule has 1 aliphatic carbocycles. The van der Waals surface area contributed by atoms with E-state index in [9.17, 15) is 0 Å². The second-order valence-electron chi connectivity index (χ2n) is 5.01. The highest BCUT2D eigenvalue weighted by molar-refractivity contribution is 6.29. The van der Waals surface area contributed by atoms with Gasteiger partial charge in [-0.05, 0) is 38.3 Å². The maximum absolute atomic E-state index is 6.04. The first-order valence-electron chi connectivity index (χ1n) is 6.84. The van der Waals surface area contributed by atoms with Crippen molar-refractivity contribution in [3.63, 3.8) is 0 Å². The summed E-state index contributed by atoms with van der Waals surface area (Å²) >= 11 is 6.04. The van der Waals surface area contributed by atoms with Crippen LogP contribution in [0.2, 0.25) is 5.15 Å². The molecule has 3 rings (SSSR count). The van der Waals surface area contributed by atoms with E-state index in [4.69, 9.17) is 16.3 Å². The number of halogens is 1. The topological polar surface area (TPSA) is 47.9 Å². The summed E-state index contributed by atoms with van der Waals surface area (Å²) < 4.78 is 5.86. The first-order valence-corrected chi connectivity index (χ1v) is 7.22. The van der Waals surface area contributed by atoms with Gasteiger partial charge in [-0.3, -0.25) is 4.98 Å². The highest BCUT2D eigenvalue weighted by atomic mass is 35.5. The van der Waals surface area contributed by atoms with Crippen molar-refractivity contribution in [2.24, 2.45) is 0 Å². The lowest BCUT2D eigenvalue weighted by atomic mass is 10.2. The number of hydrogen-bond acceptors (Lipinski definition) is 4. The van der Waals surface area contributed by atoms with Crippen LogP contribution >= 0.6 is 11.6 Å². The third-order valence-corrected chi connectivity index (χ3v) is 3.45. The zero-order valence-corrected chi connectivity index (χ0v) is 12.3. The van der Waals surface area contributed by atoms with Gasteiger partial charge in [0.2, 0.25) is 5.88 Å². The number of nitrogens with zero attached hydrogens (tertiary/aromatic N) is 3. The van der Waals surface area contributed by atoms with Crippen LogP contribution in [-0.4, -0.2) is 15.0 Å². The number of ether oxygens (including phenoxy) is 1. The molecule has 0 aromatic carbocycles. The van der Waals surface area contributed by atoms with Crippen LogP contribution in [0.5, 0.6) is 11.6 Å². The molecule has 0 atom stereocenters. The first kappa shape index (κ1) is 13.3. The van der Waals surface area contributed by atoms with Crippen LogP contribution < -0.4 is 4.74 Å². The van der Waals surface area contributed by atoms with Gasteiger partial charge in [0.05, 0.1) is 5.69 Å². The summed E-state index contributed by atoms with van der Waals surface area (Å²) in [6.45, 7) is 4.02. The van der Waals surface area contributed by atoms with Gasteiger partial charge in [0, 0.05) is 17.7 Å². The molecule has 104 valence electrons. The third-order valence-electron chi connectivity index (χ3n) is 3.25. The molecule has 0 amide bonds. The largest absolute Gasteiger partial charge is 0.437 e. The van der Waals surface area contributed by atoms with E-state index >= 15 is 0 Å². The molecule has 0 saturated heterocycles. The van der Waals surface area contributed by atoms with Crippen molar-refractivity contribution in [3.8, 4) is 11.6 Å². The first-order chi connectivity index (χ1) is 9.65. The Morgan fingerprint density at radius 3 is 2.75 bits per heavy atom. The standard InChI is InChI=1S/C15H16ClN3O/c1-3-11-12(7-4-9(2)17-11)20-14-8-13(16)18-15(19-14)10-5-6-10/h4,7-8,10H,3,5-6H2,1-2H3. The predicted molar refractivity (Wildman–Crippen MR) is 77.4 cm³/mol. The van der Waals surface area contributed by atoms with Crippen molar-refractivity contribution in [3.05, 3.63) is 40.6 Å². The predicted octanol–water partition coefficient (Wildman–Crippen LogP) is 4.07. The van der Waals surface area contributed by atoms with Crippen LogP contribution in [0, 0.1) is 6.92 Å². The van der Waals surface area contributed by atoms with Crippen LogP contribution in [0.25, 0.3) is 0 Å². The average molecular weight is 290 g/mol. The Bertz CT molecular complexity index is 641. The van der Waals surface area contributed by atoms with Crippen molar-refractivity contribution in [1.29, 1.82) is 0 Å². The molecule has 0 aliphatic heterocycles. The fraction of sp³-hybridized carbons (Fsp3) is 0.400. The lowest BCUT2D eigenvalue weighted by molar-refractivity contribution is 0.450. The van der Waals surface area contributed by atoms with E-state index in [-0.39, 0.29) is 0 Å². The Balaban J connectivity index is 1.90. The quantitative estimate of drug-likeness (QED) is 0.796. The van der Waals surface area contributed by atoms with Gasteiger partial charge in [-0.2, -0.15) is 4.98 Å². The molecular weight excluding hydrogens is 274 g/mol. The van der Waals surface area contributed by atoms with Crippen molar-refractivity contribution < 1.29 is 4.74 Å². The van der Waals surface area contributed by atoms with Crippen molar-refractivity contribution >= 4 is 11.6 Å². The lowest BCUT2D eigenvalue weighted by Crippen LogP contribution is -1.99. The van der Waals surface area contributed by atoms with Gasteiger partial charge in [-0.25, -0.2) is 4.98 Å². The van der Waals surface area contributed by atoms with E-state index in [1.807, 2.05) is 19.1 Å². The van der Waals surface area contributed by atoms with Gasteiger partial charge in [-0.15, -0.1) is 0 Å². The molecule has 1 saturated carbocycles. The van der Waals surface area contributed by atoms with Crippen molar-refractivity contribution in [2.45, 2.75) is 39.0 Å². The van der Waals surface area contributed by atoms with Crippen LogP contribution in [-0.2, 0) is 6.42 Å². The molecule has 1 fully saturated rings. The van der Waals surface area contributed by atoms with E-state index in [2.05, 4.69) is 21.9 Å². The van der Waals surface area contributed by atoms with Crippen molar-refractivity contribution in [2.75, 3.05) is 0 Å². The van der Waals surface area contributed by atoms with E-state index in [1.165, 1.54) is 0 Å². The Morgan fingerprint density at radius 1 is 1.25 bits per heavy atom. The summed E-state index contributed by atoms with van der Waals surface area (Å²) in [6.07, 6.45) is 3.07. The summed E-state index contributed by atoms with van der Waals surface area (Å²) in [5.74, 6) is 2.45. The molecule has 2 heterocycles. The Hall–Kier alpha value is -1.68. The summed E-state index contributed by atoms with van der Waals surface area (Å²) in [5.41, 5.74) is 1.90. The summed E-state index contributed by atoms with van der Waals surface area (Å²) in [4.78, 5) is 13.2. The van der Waals surface area contributed by atoms with Gasteiger partial charge in [0.15, 0.2) is 5.75 Å². The number of hydrogen-bond donors (Lipinski definition) is 0. The second kappa shape index (κ2) is 5.37. The molecular formula is C15H16ClN3O. The maximum Gasteiger partial charge on any atom is 0.224 e. The van der Waals surface area contributed by atoms with E-state index < -0.39 is 0 Å².